The van der Waals surface area contributed by atoms with E-state index < -0.39 is 17.2 Å². The minimum Gasteiger partial charge on any atom is -0.341 e. The number of rotatable bonds is 6. The molecule has 0 aliphatic carbocycles. The number of amides is 3. The molecule has 0 saturated heterocycles. The van der Waals surface area contributed by atoms with Gasteiger partial charge in [-0.2, -0.15) is 0 Å². The molecule has 0 unspecified atom stereocenters. The maximum atomic E-state index is 12.0. The van der Waals surface area contributed by atoms with Gasteiger partial charge in [0.2, 0.25) is 5.91 Å². The molecule has 1 heterocycles. The number of thioether (sulfide) groups is 1. The Balaban J connectivity index is 2.23. The Kier molecular flexibility index (Phi) is 6.60. The molecule has 0 saturated carbocycles. The van der Waals surface area contributed by atoms with Crippen LogP contribution in [-0.2, 0) is 11.3 Å². The Morgan fingerprint density at radius 1 is 1.36 bits per heavy atom. The van der Waals surface area contributed by atoms with Crippen LogP contribution in [0.1, 0.15) is 6.92 Å². The van der Waals surface area contributed by atoms with Gasteiger partial charge in [0.1, 0.15) is 0 Å². The smallest absolute Gasteiger partial charge is 0.321 e. The minimum atomic E-state index is -0.549. The third-order valence-corrected chi connectivity index (χ3v) is 4.58. The summed E-state index contributed by atoms with van der Waals surface area (Å²) in [5.41, 5.74) is 0.855. The molecule has 0 spiro atoms. The summed E-state index contributed by atoms with van der Waals surface area (Å²) in [7, 11) is 1.44. The lowest BCUT2D eigenvalue weighted by atomic mass is 10.2. The van der Waals surface area contributed by atoms with Gasteiger partial charge in [-0.05, 0) is 31.2 Å². The highest BCUT2D eigenvalue weighted by molar-refractivity contribution is 8.00. The summed E-state index contributed by atoms with van der Waals surface area (Å²) in [6.45, 7) is 5.93. The van der Waals surface area contributed by atoms with E-state index in [1.54, 1.807) is 25.1 Å². The lowest BCUT2D eigenvalue weighted by Gasteiger charge is -2.12. The number of hydrogen-bond acceptors (Lipinski definition) is 5. The van der Waals surface area contributed by atoms with Crippen molar-refractivity contribution in [1.29, 1.82) is 0 Å². The minimum absolute atomic E-state index is 0.412. The summed E-state index contributed by atoms with van der Waals surface area (Å²) < 4.78 is 1.85. The number of carbonyl (C=O) groups is 2. The topological polar surface area (TPSA) is 88.9 Å². The monoisotopic (exact) mass is 379 g/mol. The Morgan fingerprint density at radius 3 is 2.64 bits per heavy atom. The van der Waals surface area contributed by atoms with E-state index in [2.05, 4.69) is 27.4 Å². The zero-order valence-corrected chi connectivity index (χ0v) is 15.4. The summed E-state index contributed by atoms with van der Waals surface area (Å²) in [6, 6.07) is 6.70. The van der Waals surface area contributed by atoms with Crippen LogP contribution in [0.5, 0.6) is 0 Å². The van der Waals surface area contributed by atoms with Gasteiger partial charge in [-0.15, -0.1) is 16.8 Å². The predicted molar refractivity (Wildman–Crippen MR) is 98.6 cm³/mol. The summed E-state index contributed by atoms with van der Waals surface area (Å²) in [4.78, 5) is 23.3. The summed E-state index contributed by atoms with van der Waals surface area (Å²) >= 11 is 7.14. The fourth-order valence-corrected chi connectivity index (χ4v) is 2.95. The lowest BCUT2D eigenvalue weighted by Crippen LogP contribution is -2.41. The van der Waals surface area contributed by atoms with Crippen LogP contribution in [-0.4, -0.2) is 39.0 Å². The first kappa shape index (κ1) is 19.0. The Labute approximate surface area is 154 Å². The predicted octanol–water partition coefficient (Wildman–Crippen LogP) is 2.72. The second kappa shape index (κ2) is 8.68. The highest BCUT2D eigenvalue weighted by Gasteiger charge is 2.21. The van der Waals surface area contributed by atoms with Crippen LogP contribution in [0.2, 0.25) is 5.02 Å². The molecule has 3 amide bonds. The molecule has 0 radical (unpaired) electrons. The van der Waals surface area contributed by atoms with Gasteiger partial charge in [-0.1, -0.05) is 29.4 Å². The quantitative estimate of drug-likeness (QED) is 0.595. The van der Waals surface area contributed by atoms with Crippen LogP contribution in [0.15, 0.2) is 42.1 Å². The first-order valence-corrected chi connectivity index (χ1v) is 8.71. The fraction of sp³-hybridized carbons (Fsp3) is 0.250. The number of urea groups is 1. The standard InChI is InChI=1S/C16H18ClN5O2S/c1-4-9-22-13(11-5-7-12(17)8-6-11)20-21-16(22)25-10(2)14(23)19-15(24)18-3/h4-8,10H,1,9H2,2-3H3,(H2,18,19,23,24)/t10-/m1/s1. The van der Waals surface area contributed by atoms with Crippen LogP contribution in [0.25, 0.3) is 11.4 Å². The first-order valence-electron chi connectivity index (χ1n) is 7.45. The average molecular weight is 380 g/mol. The number of hydrogen-bond donors (Lipinski definition) is 2. The van der Waals surface area contributed by atoms with Crippen molar-refractivity contribution in [3.05, 3.63) is 41.9 Å². The largest absolute Gasteiger partial charge is 0.341 e. The molecule has 2 rings (SSSR count). The van der Waals surface area contributed by atoms with Crippen LogP contribution >= 0.6 is 23.4 Å². The molecule has 2 aromatic rings. The second-order valence-corrected chi connectivity index (χ2v) is 6.79. The van der Waals surface area contributed by atoms with E-state index in [0.717, 1.165) is 5.56 Å². The molecule has 0 fully saturated rings. The zero-order chi connectivity index (χ0) is 18.4. The van der Waals surface area contributed by atoms with E-state index in [4.69, 9.17) is 11.6 Å². The normalized spacial score (nSPS) is 11.6. The molecule has 9 heteroatoms. The highest BCUT2D eigenvalue weighted by Crippen LogP contribution is 2.27. The van der Waals surface area contributed by atoms with Crippen molar-refractivity contribution in [3.8, 4) is 11.4 Å². The van der Waals surface area contributed by atoms with E-state index in [0.29, 0.717) is 22.5 Å². The molecule has 132 valence electrons. The number of aromatic nitrogens is 3. The molecule has 0 aliphatic heterocycles. The number of allylic oxidation sites excluding steroid dienone is 1. The van der Waals surface area contributed by atoms with Gasteiger partial charge in [0.05, 0.1) is 5.25 Å². The van der Waals surface area contributed by atoms with Gasteiger partial charge in [0.25, 0.3) is 0 Å². The number of nitrogens with one attached hydrogen (secondary N) is 2. The zero-order valence-electron chi connectivity index (χ0n) is 13.8. The van der Waals surface area contributed by atoms with Crippen molar-refractivity contribution in [3.63, 3.8) is 0 Å². The molecule has 0 aliphatic rings. The van der Waals surface area contributed by atoms with E-state index >= 15 is 0 Å². The van der Waals surface area contributed by atoms with E-state index in [-0.39, 0.29) is 0 Å². The third-order valence-electron chi connectivity index (χ3n) is 3.25. The van der Waals surface area contributed by atoms with Crippen molar-refractivity contribution in [2.75, 3.05) is 7.05 Å². The van der Waals surface area contributed by atoms with E-state index in [9.17, 15) is 9.59 Å². The number of carbonyl (C=O) groups excluding carboxylic acids is 2. The van der Waals surface area contributed by atoms with Gasteiger partial charge in [-0.3, -0.25) is 14.7 Å². The second-order valence-electron chi connectivity index (χ2n) is 5.04. The molecule has 0 bridgehead atoms. The molecule has 1 atom stereocenters. The van der Waals surface area contributed by atoms with Crippen molar-refractivity contribution in [2.24, 2.45) is 0 Å². The molecule has 1 aromatic heterocycles. The fourth-order valence-electron chi connectivity index (χ4n) is 1.97. The van der Waals surface area contributed by atoms with Gasteiger partial charge in [0, 0.05) is 24.2 Å². The van der Waals surface area contributed by atoms with Crippen LogP contribution in [0.4, 0.5) is 4.79 Å². The molecule has 25 heavy (non-hydrogen) atoms. The summed E-state index contributed by atoms with van der Waals surface area (Å²) in [6.07, 6.45) is 1.72. The van der Waals surface area contributed by atoms with Gasteiger partial charge in [-0.25, -0.2) is 4.79 Å². The molecule has 2 N–H and O–H groups in total. The third kappa shape index (κ3) is 4.83. The number of nitrogens with zero attached hydrogens (tertiary/aromatic N) is 3. The molecular weight excluding hydrogens is 362 g/mol. The SMILES string of the molecule is C=CCn1c(S[C@H](C)C(=O)NC(=O)NC)nnc1-c1ccc(Cl)cc1. The van der Waals surface area contributed by atoms with Crippen LogP contribution in [0.3, 0.4) is 0 Å². The Bertz CT molecular complexity index is 775. The highest BCUT2D eigenvalue weighted by atomic mass is 35.5. The summed E-state index contributed by atoms with van der Waals surface area (Å²) in [5.74, 6) is 0.239. The number of halogens is 1. The van der Waals surface area contributed by atoms with Crippen molar-refractivity contribution in [1.82, 2.24) is 25.4 Å². The number of imide groups is 1. The Morgan fingerprint density at radius 2 is 2.04 bits per heavy atom. The van der Waals surface area contributed by atoms with Crippen molar-refractivity contribution < 1.29 is 9.59 Å². The lowest BCUT2D eigenvalue weighted by molar-refractivity contribution is -0.119. The Hall–Kier alpha value is -2.32. The van der Waals surface area contributed by atoms with Gasteiger partial charge >= 0.3 is 6.03 Å². The van der Waals surface area contributed by atoms with Crippen molar-refractivity contribution >= 4 is 35.3 Å². The van der Waals surface area contributed by atoms with E-state index in [1.165, 1.54) is 18.8 Å². The van der Waals surface area contributed by atoms with Crippen LogP contribution in [0, 0.1) is 0 Å². The maximum absolute atomic E-state index is 12.0. The molecule has 1 aromatic carbocycles. The van der Waals surface area contributed by atoms with Crippen molar-refractivity contribution in [2.45, 2.75) is 23.9 Å². The summed E-state index contributed by atoms with van der Waals surface area (Å²) in [5, 5.41) is 13.6. The first-order chi connectivity index (χ1) is 12.0. The van der Waals surface area contributed by atoms with E-state index in [1.807, 2.05) is 16.7 Å². The maximum Gasteiger partial charge on any atom is 0.321 e. The van der Waals surface area contributed by atoms with Gasteiger partial charge < -0.3 is 5.32 Å². The molecule has 7 nitrogen and oxygen atoms in total. The average Bonchev–Trinajstić information content (AvgIpc) is 2.98. The van der Waals surface area contributed by atoms with Crippen LogP contribution < -0.4 is 10.6 Å². The molecular formula is C16H18ClN5O2S. The van der Waals surface area contributed by atoms with Gasteiger partial charge in [0.15, 0.2) is 11.0 Å². The number of benzene rings is 1.